The van der Waals surface area contributed by atoms with Gasteiger partial charge in [0.25, 0.3) is 0 Å². The van der Waals surface area contributed by atoms with Crippen LogP contribution in [-0.4, -0.2) is 24.9 Å². The number of halogens is 1. The van der Waals surface area contributed by atoms with Crippen molar-refractivity contribution in [3.05, 3.63) is 28.2 Å². The van der Waals surface area contributed by atoms with E-state index in [1.165, 1.54) is 5.56 Å². The van der Waals surface area contributed by atoms with Crippen LogP contribution in [0.15, 0.2) is 22.7 Å². The summed E-state index contributed by atoms with van der Waals surface area (Å²) in [5.41, 5.74) is 1.27. The Kier molecular flexibility index (Phi) is 6.08. The zero-order valence-electron chi connectivity index (χ0n) is 13.4. The third-order valence-electron chi connectivity index (χ3n) is 3.91. The minimum absolute atomic E-state index is 0.233. The van der Waals surface area contributed by atoms with Gasteiger partial charge in [-0.25, -0.2) is 0 Å². The predicted octanol–water partition coefficient (Wildman–Crippen LogP) is 4.45. The van der Waals surface area contributed by atoms with Crippen molar-refractivity contribution in [3.8, 4) is 5.75 Å². The van der Waals surface area contributed by atoms with Gasteiger partial charge in [-0.3, -0.25) is 0 Å². The van der Waals surface area contributed by atoms with Gasteiger partial charge in [0.05, 0.1) is 16.7 Å². The molecule has 0 spiro atoms. The van der Waals surface area contributed by atoms with E-state index in [4.69, 9.17) is 9.47 Å². The third-order valence-corrected chi connectivity index (χ3v) is 4.53. The highest BCUT2D eigenvalue weighted by atomic mass is 79.9. The lowest BCUT2D eigenvalue weighted by molar-refractivity contribution is -0.0722. The lowest BCUT2D eigenvalue weighted by Gasteiger charge is -2.32. The van der Waals surface area contributed by atoms with E-state index in [-0.39, 0.29) is 18.3 Å². The molecule has 1 N–H and O–H groups in total. The molecule has 3 unspecified atom stereocenters. The van der Waals surface area contributed by atoms with Gasteiger partial charge in [-0.05, 0) is 60.9 Å². The fourth-order valence-electron chi connectivity index (χ4n) is 2.93. The number of benzene rings is 1. The van der Waals surface area contributed by atoms with Crippen LogP contribution in [0, 0.1) is 0 Å². The lowest BCUT2D eigenvalue weighted by Crippen LogP contribution is -2.35. The van der Waals surface area contributed by atoms with Crippen LogP contribution in [-0.2, 0) is 4.74 Å². The molecule has 1 aromatic carbocycles. The molecule has 1 aliphatic rings. The molecular weight excluding hydrogens is 330 g/mol. The van der Waals surface area contributed by atoms with E-state index in [9.17, 15) is 0 Å². The molecule has 0 radical (unpaired) electrons. The molecule has 21 heavy (non-hydrogen) atoms. The van der Waals surface area contributed by atoms with Gasteiger partial charge in [-0.1, -0.05) is 13.0 Å². The van der Waals surface area contributed by atoms with Crippen molar-refractivity contribution in [3.63, 3.8) is 0 Å². The summed E-state index contributed by atoms with van der Waals surface area (Å²) in [6, 6.07) is 6.70. The molecule has 0 aromatic heterocycles. The monoisotopic (exact) mass is 355 g/mol. The van der Waals surface area contributed by atoms with Crippen LogP contribution < -0.4 is 10.1 Å². The van der Waals surface area contributed by atoms with E-state index < -0.39 is 0 Å². The third kappa shape index (κ3) is 4.70. The normalized spacial score (nSPS) is 27.4. The Morgan fingerprint density at radius 1 is 1.33 bits per heavy atom. The van der Waals surface area contributed by atoms with Crippen molar-refractivity contribution in [2.75, 3.05) is 6.54 Å². The number of rotatable bonds is 5. The van der Waals surface area contributed by atoms with E-state index in [2.05, 4.69) is 67.1 Å². The molecule has 3 nitrogen and oxygen atoms in total. The predicted molar refractivity (Wildman–Crippen MR) is 89.9 cm³/mol. The molecule has 1 aliphatic heterocycles. The van der Waals surface area contributed by atoms with Gasteiger partial charge in [-0.2, -0.15) is 0 Å². The van der Waals surface area contributed by atoms with Crippen LogP contribution in [0.4, 0.5) is 0 Å². The summed E-state index contributed by atoms with van der Waals surface area (Å²) in [4.78, 5) is 0. The molecule has 0 saturated carbocycles. The summed E-state index contributed by atoms with van der Waals surface area (Å²) in [5, 5.41) is 3.42. The van der Waals surface area contributed by atoms with E-state index in [0.29, 0.717) is 6.04 Å². The van der Waals surface area contributed by atoms with Crippen LogP contribution in [0.3, 0.4) is 0 Å². The van der Waals surface area contributed by atoms with Crippen LogP contribution in [0.5, 0.6) is 5.75 Å². The summed E-state index contributed by atoms with van der Waals surface area (Å²) in [5.74, 6) is 0.925. The first-order valence-electron chi connectivity index (χ1n) is 7.84. The first-order valence-corrected chi connectivity index (χ1v) is 8.63. The standard InChI is InChI=1S/C17H26BrNO2/c1-5-19-13(4)14-6-7-17(16(18)10-14)21-15-8-11(2)20-12(3)9-15/h6-7,10-13,15,19H,5,8-9H2,1-4H3. The molecule has 1 saturated heterocycles. The quantitative estimate of drug-likeness (QED) is 0.845. The number of nitrogens with one attached hydrogen (secondary N) is 1. The Morgan fingerprint density at radius 2 is 2.00 bits per heavy atom. The van der Waals surface area contributed by atoms with E-state index in [1.54, 1.807) is 0 Å². The molecule has 0 aliphatic carbocycles. The van der Waals surface area contributed by atoms with Gasteiger partial charge < -0.3 is 14.8 Å². The summed E-state index contributed by atoms with van der Waals surface area (Å²) in [7, 11) is 0. The van der Waals surface area contributed by atoms with E-state index in [1.807, 2.05) is 0 Å². The van der Waals surface area contributed by atoms with Crippen molar-refractivity contribution in [1.29, 1.82) is 0 Å². The maximum atomic E-state index is 6.17. The molecule has 0 amide bonds. The number of hydrogen-bond donors (Lipinski definition) is 1. The second-order valence-corrected chi connectivity index (χ2v) is 6.79. The second kappa shape index (κ2) is 7.61. The van der Waals surface area contributed by atoms with Gasteiger partial charge >= 0.3 is 0 Å². The average Bonchev–Trinajstić information content (AvgIpc) is 2.40. The van der Waals surface area contributed by atoms with Crippen molar-refractivity contribution in [2.24, 2.45) is 0 Å². The highest BCUT2D eigenvalue weighted by molar-refractivity contribution is 9.10. The first kappa shape index (κ1) is 16.8. The fraction of sp³-hybridized carbons (Fsp3) is 0.647. The maximum absolute atomic E-state index is 6.17. The van der Waals surface area contributed by atoms with Crippen LogP contribution in [0.2, 0.25) is 0 Å². The van der Waals surface area contributed by atoms with Crippen LogP contribution in [0.1, 0.15) is 52.1 Å². The van der Waals surface area contributed by atoms with Gasteiger partial charge in [0.2, 0.25) is 0 Å². The molecule has 3 atom stereocenters. The lowest BCUT2D eigenvalue weighted by atomic mass is 10.0. The Hall–Kier alpha value is -0.580. The topological polar surface area (TPSA) is 30.5 Å². The maximum Gasteiger partial charge on any atom is 0.133 e. The minimum Gasteiger partial charge on any atom is -0.489 e. The van der Waals surface area contributed by atoms with Crippen molar-refractivity contribution < 1.29 is 9.47 Å². The highest BCUT2D eigenvalue weighted by Crippen LogP contribution is 2.31. The molecule has 1 heterocycles. The Morgan fingerprint density at radius 3 is 2.57 bits per heavy atom. The summed E-state index contributed by atoms with van der Waals surface area (Å²) < 4.78 is 13.0. The number of hydrogen-bond acceptors (Lipinski definition) is 3. The molecule has 4 heteroatoms. The minimum atomic E-state index is 0.233. The Labute approximate surface area is 136 Å². The molecular formula is C17H26BrNO2. The van der Waals surface area contributed by atoms with Gasteiger partial charge in [0.1, 0.15) is 11.9 Å². The largest absolute Gasteiger partial charge is 0.489 e. The molecule has 118 valence electrons. The van der Waals surface area contributed by atoms with E-state index >= 15 is 0 Å². The Balaban J connectivity index is 2.03. The van der Waals surface area contributed by atoms with Gasteiger partial charge in [0, 0.05) is 18.9 Å². The van der Waals surface area contributed by atoms with E-state index in [0.717, 1.165) is 29.6 Å². The second-order valence-electron chi connectivity index (χ2n) is 5.94. The summed E-state index contributed by atoms with van der Waals surface area (Å²) in [6.07, 6.45) is 2.67. The molecule has 1 aromatic rings. The number of ether oxygens (including phenoxy) is 2. The van der Waals surface area contributed by atoms with Crippen molar-refractivity contribution in [2.45, 2.75) is 64.9 Å². The molecule has 0 bridgehead atoms. The van der Waals surface area contributed by atoms with Crippen molar-refractivity contribution in [1.82, 2.24) is 5.32 Å². The summed E-state index contributed by atoms with van der Waals surface area (Å²) in [6.45, 7) is 9.49. The zero-order chi connectivity index (χ0) is 15.4. The zero-order valence-corrected chi connectivity index (χ0v) is 14.9. The van der Waals surface area contributed by atoms with Crippen LogP contribution in [0.25, 0.3) is 0 Å². The average molecular weight is 356 g/mol. The fourth-order valence-corrected chi connectivity index (χ4v) is 3.42. The smallest absolute Gasteiger partial charge is 0.133 e. The van der Waals surface area contributed by atoms with Gasteiger partial charge in [-0.15, -0.1) is 0 Å². The highest BCUT2D eigenvalue weighted by Gasteiger charge is 2.26. The molecule has 1 fully saturated rings. The Bertz CT molecular complexity index is 456. The van der Waals surface area contributed by atoms with Gasteiger partial charge in [0.15, 0.2) is 0 Å². The first-order chi connectivity index (χ1) is 9.99. The molecule has 2 rings (SSSR count). The van der Waals surface area contributed by atoms with Crippen molar-refractivity contribution >= 4 is 15.9 Å². The SMILES string of the molecule is CCNC(C)c1ccc(OC2CC(C)OC(C)C2)c(Br)c1. The van der Waals surface area contributed by atoms with Crippen LogP contribution >= 0.6 is 15.9 Å². The summed E-state index contributed by atoms with van der Waals surface area (Å²) >= 11 is 3.64.